The number of rotatable bonds is 5. The summed E-state index contributed by atoms with van der Waals surface area (Å²) in [6.45, 7) is 2.29. The van der Waals surface area contributed by atoms with E-state index in [2.05, 4.69) is 10.1 Å². The van der Waals surface area contributed by atoms with E-state index in [1.165, 1.54) is 0 Å². The molecule has 0 aliphatic carbocycles. The van der Waals surface area contributed by atoms with Crippen molar-refractivity contribution in [1.82, 2.24) is 5.32 Å². The molecule has 1 saturated heterocycles. The average Bonchev–Trinajstić information content (AvgIpc) is 2.69. The highest BCUT2D eigenvalue weighted by Gasteiger charge is 2.31. The summed E-state index contributed by atoms with van der Waals surface area (Å²) in [5.74, 6) is -0.0500. The fraction of sp³-hybridized carbons (Fsp3) is 0.385. The minimum absolute atomic E-state index is 0.0826. The average molecular weight is 265 g/mol. The second-order valence-electron chi connectivity index (χ2n) is 4.18. The summed E-state index contributed by atoms with van der Waals surface area (Å²) in [4.78, 5) is 22.1. The first-order chi connectivity index (χ1) is 9.10. The summed E-state index contributed by atoms with van der Waals surface area (Å²) in [6, 6.07) is 4.42. The first-order valence-electron chi connectivity index (χ1n) is 6.07. The van der Waals surface area contributed by atoms with E-state index in [0.29, 0.717) is 25.2 Å². The van der Waals surface area contributed by atoms with Gasteiger partial charge in [0, 0.05) is 0 Å². The molecule has 1 aliphatic heterocycles. The number of hydrogen-bond acceptors (Lipinski definition) is 5. The first-order valence-corrected chi connectivity index (χ1v) is 6.07. The van der Waals surface area contributed by atoms with E-state index in [1.807, 2.05) is 6.92 Å². The Morgan fingerprint density at radius 3 is 2.84 bits per heavy atom. The lowest BCUT2D eigenvalue weighted by Crippen LogP contribution is -2.29. The Labute approximate surface area is 110 Å². The van der Waals surface area contributed by atoms with Crippen molar-refractivity contribution in [2.24, 2.45) is 0 Å². The number of hydrogen-bond donors (Lipinski definition) is 2. The number of aryl methyl sites for hydroxylation is 1. The Kier molecular flexibility index (Phi) is 3.89. The van der Waals surface area contributed by atoms with E-state index in [-0.39, 0.29) is 5.75 Å². The smallest absolute Gasteiger partial charge is 0.415 e. The van der Waals surface area contributed by atoms with Crippen LogP contribution < -0.4 is 10.1 Å². The van der Waals surface area contributed by atoms with Crippen LogP contribution in [0.1, 0.15) is 18.9 Å². The van der Waals surface area contributed by atoms with Gasteiger partial charge in [-0.15, -0.1) is 0 Å². The maximum absolute atomic E-state index is 11.3. The zero-order chi connectivity index (χ0) is 13.8. The molecule has 0 aromatic heterocycles. The number of aromatic hydroxyl groups is 1. The van der Waals surface area contributed by atoms with Crippen molar-refractivity contribution in [3.05, 3.63) is 23.8 Å². The zero-order valence-corrected chi connectivity index (χ0v) is 10.5. The van der Waals surface area contributed by atoms with Gasteiger partial charge in [0.1, 0.15) is 6.04 Å². The van der Waals surface area contributed by atoms with Gasteiger partial charge in [-0.3, -0.25) is 0 Å². The van der Waals surface area contributed by atoms with Crippen LogP contribution in [-0.4, -0.2) is 29.8 Å². The van der Waals surface area contributed by atoms with Crippen molar-refractivity contribution in [2.45, 2.75) is 25.8 Å². The maximum atomic E-state index is 11.3. The van der Waals surface area contributed by atoms with Gasteiger partial charge in [0.25, 0.3) is 0 Å². The first kappa shape index (κ1) is 13.2. The van der Waals surface area contributed by atoms with Crippen LogP contribution in [-0.2, 0) is 16.0 Å². The summed E-state index contributed by atoms with van der Waals surface area (Å²) >= 11 is 0. The van der Waals surface area contributed by atoms with Crippen LogP contribution in [0.15, 0.2) is 18.2 Å². The molecular weight excluding hydrogens is 250 g/mol. The molecule has 0 radical (unpaired) electrons. The van der Waals surface area contributed by atoms with Gasteiger partial charge in [0.15, 0.2) is 11.5 Å². The largest absolute Gasteiger partial charge is 0.504 e. The number of amides is 1. The highest BCUT2D eigenvalue weighted by molar-refractivity contribution is 5.95. The highest BCUT2D eigenvalue weighted by Crippen LogP contribution is 2.27. The normalized spacial score (nSPS) is 18.1. The number of benzene rings is 1. The molecule has 1 heterocycles. The lowest BCUT2D eigenvalue weighted by atomic mass is 10.1. The van der Waals surface area contributed by atoms with Crippen LogP contribution >= 0.6 is 0 Å². The number of cyclic esters (lactones) is 2. The Balaban J connectivity index is 1.98. The molecule has 1 fully saturated rings. The Morgan fingerprint density at radius 1 is 1.42 bits per heavy atom. The molecule has 2 rings (SSSR count). The van der Waals surface area contributed by atoms with E-state index >= 15 is 0 Å². The molecule has 102 valence electrons. The Bertz CT molecular complexity index is 500. The summed E-state index contributed by atoms with van der Waals surface area (Å²) in [5, 5.41) is 12.0. The summed E-state index contributed by atoms with van der Waals surface area (Å²) in [6.07, 6.45) is 0.317. The maximum Gasteiger partial charge on any atom is 0.415 e. The third-order valence-corrected chi connectivity index (χ3v) is 2.82. The van der Waals surface area contributed by atoms with Crippen LogP contribution in [0.2, 0.25) is 0 Å². The van der Waals surface area contributed by atoms with E-state index in [1.54, 1.807) is 18.2 Å². The molecule has 1 aromatic rings. The molecule has 19 heavy (non-hydrogen) atoms. The lowest BCUT2D eigenvalue weighted by Gasteiger charge is -2.09. The van der Waals surface area contributed by atoms with Crippen molar-refractivity contribution in [1.29, 1.82) is 0 Å². The third kappa shape index (κ3) is 3.15. The van der Waals surface area contributed by atoms with Crippen molar-refractivity contribution < 1.29 is 24.2 Å². The minimum Gasteiger partial charge on any atom is -0.504 e. The quantitative estimate of drug-likeness (QED) is 0.620. The predicted octanol–water partition coefficient (Wildman–Crippen LogP) is 1.36. The summed E-state index contributed by atoms with van der Waals surface area (Å²) in [5.41, 5.74) is 0.912. The molecule has 6 heteroatoms. The number of phenolic OH excluding ortho intramolecular Hbond substituents is 1. The van der Waals surface area contributed by atoms with Gasteiger partial charge in [-0.2, -0.15) is 0 Å². The molecule has 0 saturated carbocycles. The van der Waals surface area contributed by atoms with Crippen LogP contribution in [0.25, 0.3) is 0 Å². The van der Waals surface area contributed by atoms with E-state index in [4.69, 9.17) is 4.74 Å². The number of carbonyl (C=O) groups is 2. The lowest BCUT2D eigenvalue weighted by molar-refractivity contribution is -0.135. The van der Waals surface area contributed by atoms with Gasteiger partial charge in [-0.1, -0.05) is 6.07 Å². The summed E-state index contributed by atoms with van der Waals surface area (Å²) < 4.78 is 9.67. The topological polar surface area (TPSA) is 84.9 Å². The van der Waals surface area contributed by atoms with E-state index < -0.39 is 18.1 Å². The van der Waals surface area contributed by atoms with Gasteiger partial charge in [0.2, 0.25) is 0 Å². The SMILES string of the molecule is CCOc1cc(CCC2NC(=O)OC2=O)ccc1O. The number of ether oxygens (including phenoxy) is 2. The molecule has 1 aromatic carbocycles. The number of alkyl carbamates (subject to hydrolysis) is 1. The Hall–Kier alpha value is -2.24. The third-order valence-electron chi connectivity index (χ3n) is 2.82. The van der Waals surface area contributed by atoms with Gasteiger partial charge < -0.3 is 19.9 Å². The van der Waals surface area contributed by atoms with Crippen LogP contribution in [0.4, 0.5) is 4.79 Å². The second-order valence-corrected chi connectivity index (χ2v) is 4.18. The van der Waals surface area contributed by atoms with E-state index in [9.17, 15) is 14.7 Å². The van der Waals surface area contributed by atoms with Crippen molar-refractivity contribution in [2.75, 3.05) is 6.61 Å². The van der Waals surface area contributed by atoms with Crippen molar-refractivity contribution in [3.8, 4) is 11.5 Å². The fourth-order valence-electron chi connectivity index (χ4n) is 1.88. The minimum atomic E-state index is -0.698. The van der Waals surface area contributed by atoms with Crippen LogP contribution in [0.5, 0.6) is 11.5 Å². The van der Waals surface area contributed by atoms with Crippen LogP contribution in [0.3, 0.4) is 0 Å². The van der Waals surface area contributed by atoms with Gasteiger partial charge >= 0.3 is 12.1 Å². The van der Waals surface area contributed by atoms with Crippen LogP contribution in [0, 0.1) is 0 Å². The molecule has 1 unspecified atom stereocenters. The number of carbonyl (C=O) groups excluding carboxylic acids is 2. The number of esters is 1. The van der Waals surface area contributed by atoms with Gasteiger partial charge in [-0.25, -0.2) is 9.59 Å². The van der Waals surface area contributed by atoms with E-state index in [0.717, 1.165) is 5.56 Å². The molecule has 0 spiro atoms. The molecule has 1 atom stereocenters. The van der Waals surface area contributed by atoms with Crippen molar-refractivity contribution >= 4 is 12.1 Å². The molecular formula is C13H15NO5. The number of nitrogens with one attached hydrogen (secondary N) is 1. The van der Waals surface area contributed by atoms with Gasteiger partial charge in [0.05, 0.1) is 6.61 Å². The second kappa shape index (κ2) is 5.60. The standard InChI is InChI=1S/C13H15NO5/c1-2-18-11-7-8(4-6-10(11)15)3-5-9-12(16)19-13(17)14-9/h4,6-7,9,15H,2-3,5H2,1H3,(H,14,17). The Morgan fingerprint density at radius 2 is 2.21 bits per heavy atom. The van der Waals surface area contributed by atoms with Gasteiger partial charge in [-0.05, 0) is 37.5 Å². The molecule has 1 amide bonds. The van der Waals surface area contributed by atoms with Crippen molar-refractivity contribution in [3.63, 3.8) is 0 Å². The fourth-order valence-corrected chi connectivity index (χ4v) is 1.88. The molecule has 6 nitrogen and oxygen atoms in total. The molecule has 1 aliphatic rings. The predicted molar refractivity (Wildman–Crippen MR) is 66.0 cm³/mol. The monoisotopic (exact) mass is 265 g/mol. The molecule has 0 bridgehead atoms. The summed E-state index contributed by atoms with van der Waals surface area (Å²) in [7, 11) is 0. The number of phenols is 1. The zero-order valence-electron chi connectivity index (χ0n) is 10.5. The highest BCUT2D eigenvalue weighted by atomic mass is 16.6. The molecule has 2 N–H and O–H groups in total.